The van der Waals surface area contributed by atoms with Crippen LogP contribution >= 0.6 is 11.6 Å². The summed E-state index contributed by atoms with van der Waals surface area (Å²) in [6, 6.07) is 3.52. The highest BCUT2D eigenvalue weighted by molar-refractivity contribution is 6.28. The molecule has 0 fully saturated rings. The normalized spacial score (nSPS) is 10.9. The Morgan fingerprint density at radius 3 is 2.55 bits per heavy atom. The molecular weight excluding hydrogens is 304 g/mol. The molecule has 0 aliphatic heterocycles. The minimum absolute atomic E-state index is 0.0704. The van der Waals surface area contributed by atoms with Crippen LogP contribution in [0, 0.1) is 13.8 Å². The Kier molecular flexibility index (Phi) is 3.54. The highest BCUT2D eigenvalue weighted by Gasteiger charge is 2.15. The standard InChI is InChI=1S/C15H13ClN4O2/c1-8-4-10(7-21)5-9(2)12(8)22-14-11-6-20(3)19-13(11)17-15(16)18-14/h4-7H,1-3H3. The molecule has 22 heavy (non-hydrogen) atoms. The lowest BCUT2D eigenvalue weighted by atomic mass is 10.1. The van der Waals surface area contributed by atoms with E-state index in [2.05, 4.69) is 15.1 Å². The maximum absolute atomic E-state index is 10.9. The lowest BCUT2D eigenvalue weighted by Crippen LogP contribution is -1.97. The van der Waals surface area contributed by atoms with Crippen molar-refractivity contribution in [1.29, 1.82) is 0 Å². The van der Waals surface area contributed by atoms with Crippen LogP contribution in [0.1, 0.15) is 21.5 Å². The summed E-state index contributed by atoms with van der Waals surface area (Å²) in [5.41, 5.74) is 2.76. The van der Waals surface area contributed by atoms with Crippen LogP contribution in [0.4, 0.5) is 0 Å². The molecule has 3 rings (SSSR count). The quantitative estimate of drug-likeness (QED) is 0.548. The minimum atomic E-state index is 0.0704. The molecule has 0 bridgehead atoms. The fourth-order valence-electron chi connectivity index (χ4n) is 2.35. The van der Waals surface area contributed by atoms with Crippen molar-refractivity contribution in [3.8, 4) is 11.6 Å². The summed E-state index contributed by atoms with van der Waals surface area (Å²) in [5.74, 6) is 0.985. The van der Waals surface area contributed by atoms with E-state index in [1.54, 1.807) is 30.1 Å². The van der Waals surface area contributed by atoms with Crippen LogP contribution < -0.4 is 4.74 Å². The molecule has 7 heteroatoms. The summed E-state index contributed by atoms with van der Waals surface area (Å²) in [6.07, 6.45) is 2.58. The molecule has 3 aromatic rings. The molecule has 2 aromatic heterocycles. The molecule has 1 aromatic carbocycles. The van der Waals surface area contributed by atoms with Gasteiger partial charge < -0.3 is 4.74 Å². The van der Waals surface area contributed by atoms with E-state index >= 15 is 0 Å². The number of hydrogen-bond acceptors (Lipinski definition) is 5. The second-order valence-corrected chi connectivity index (χ2v) is 5.38. The van der Waals surface area contributed by atoms with E-state index in [0.29, 0.717) is 28.2 Å². The Bertz CT molecular complexity index is 866. The fraction of sp³-hybridized carbons (Fsp3) is 0.200. The van der Waals surface area contributed by atoms with Gasteiger partial charge in [0.05, 0.1) is 0 Å². The van der Waals surface area contributed by atoms with E-state index in [-0.39, 0.29) is 5.28 Å². The SMILES string of the molecule is Cc1cc(C=O)cc(C)c1Oc1nc(Cl)nc2nn(C)cc12. The molecule has 0 unspecified atom stereocenters. The van der Waals surface area contributed by atoms with Gasteiger partial charge in [0, 0.05) is 18.8 Å². The number of ether oxygens (including phenoxy) is 1. The van der Waals surface area contributed by atoms with Gasteiger partial charge in [0.1, 0.15) is 17.4 Å². The fourth-order valence-corrected chi connectivity index (χ4v) is 2.51. The number of rotatable bonds is 3. The largest absolute Gasteiger partial charge is 0.438 e. The molecule has 2 heterocycles. The number of halogens is 1. The number of carbonyl (C=O) groups excluding carboxylic acids is 1. The average Bonchev–Trinajstić information content (AvgIpc) is 2.82. The van der Waals surface area contributed by atoms with Crippen LogP contribution in [0.3, 0.4) is 0 Å². The van der Waals surface area contributed by atoms with Crippen LogP contribution in [0.25, 0.3) is 11.0 Å². The zero-order valence-electron chi connectivity index (χ0n) is 12.3. The first-order valence-corrected chi connectivity index (χ1v) is 6.97. The molecule has 112 valence electrons. The van der Waals surface area contributed by atoms with Gasteiger partial charge in [-0.25, -0.2) is 0 Å². The number of nitrogens with zero attached hydrogens (tertiary/aromatic N) is 4. The van der Waals surface area contributed by atoms with Crippen LogP contribution in [0.2, 0.25) is 5.28 Å². The van der Waals surface area contributed by atoms with Crippen molar-refractivity contribution < 1.29 is 9.53 Å². The lowest BCUT2D eigenvalue weighted by Gasteiger charge is -2.12. The van der Waals surface area contributed by atoms with Crippen molar-refractivity contribution in [2.45, 2.75) is 13.8 Å². The number of fused-ring (bicyclic) bond motifs is 1. The summed E-state index contributed by atoms with van der Waals surface area (Å²) in [4.78, 5) is 19.1. The smallest absolute Gasteiger partial charge is 0.234 e. The average molecular weight is 317 g/mol. The minimum Gasteiger partial charge on any atom is -0.438 e. The van der Waals surface area contributed by atoms with Gasteiger partial charge in [-0.1, -0.05) is 0 Å². The molecule has 0 spiro atoms. The highest BCUT2D eigenvalue weighted by Crippen LogP contribution is 2.32. The Balaban J connectivity index is 2.12. The van der Waals surface area contributed by atoms with E-state index in [9.17, 15) is 4.79 Å². The monoisotopic (exact) mass is 316 g/mol. The molecule has 0 N–H and O–H groups in total. The van der Waals surface area contributed by atoms with Gasteiger partial charge in [0.25, 0.3) is 0 Å². The molecular formula is C15H13ClN4O2. The Morgan fingerprint density at radius 1 is 1.23 bits per heavy atom. The number of aryl methyl sites for hydroxylation is 3. The van der Waals surface area contributed by atoms with Gasteiger partial charge in [-0.05, 0) is 48.7 Å². The summed E-state index contributed by atoms with van der Waals surface area (Å²) in [5, 5.41) is 4.95. The van der Waals surface area contributed by atoms with E-state index in [0.717, 1.165) is 17.4 Å². The maximum Gasteiger partial charge on any atom is 0.234 e. The zero-order valence-corrected chi connectivity index (χ0v) is 13.0. The molecule has 0 saturated carbocycles. The first-order chi connectivity index (χ1) is 10.5. The topological polar surface area (TPSA) is 69.9 Å². The Hall–Kier alpha value is -2.47. The van der Waals surface area contributed by atoms with Gasteiger partial charge in [-0.2, -0.15) is 15.1 Å². The van der Waals surface area contributed by atoms with Crippen molar-refractivity contribution in [3.63, 3.8) is 0 Å². The van der Waals surface area contributed by atoms with Crippen LogP contribution in [-0.2, 0) is 7.05 Å². The molecule has 0 aliphatic rings. The third-order valence-electron chi connectivity index (χ3n) is 3.25. The lowest BCUT2D eigenvalue weighted by molar-refractivity contribution is 0.112. The van der Waals surface area contributed by atoms with Gasteiger partial charge in [0.2, 0.25) is 11.2 Å². The van der Waals surface area contributed by atoms with Crippen molar-refractivity contribution >= 4 is 28.9 Å². The van der Waals surface area contributed by atoms with E-state index in [1.807, 2.05) is 13.8 Å². The molecule has 0 aliphatic carbocycles. The van der Waals surface area contributed by atoms with Gasteiger partial charge in [-0.15, -0.1) is 0 Å². The Morgan fingerprint density at radius 2 is 1.91 bits per heavy atom. The summed E-state index contributed by atoms with van der Waals surface area (Å²) in [6.45, 7) is 3.75. The first kappa shape index (κ1) is 14.5. The third-order valence-corrected chi connectivity index (χ3v) is 3.42. The van der Waals surface area contributed by atoms with E-state index < -0.39 is 0 Å². The summed E-state index contributed by atoms with van der Waals surface area (Å²) in [7, 11) is 1.79. The number of aromatic nitrogens is 4. The number of benzene rings is 1. The molecule has 0 saturated heterocycles. The van der Waals surface area contributed by atoms with E-state index in [1.165, 1.54) is 0 Å². The van der Waals surface area contributed by atoms with Crippen LogP contribution in [-0.4, -0.2) is 26.0 Å². The number of carbonyl (C=O) groups is 1. The van der Waals surface area contributed by atoms with Crippen LogP contribution in [0.5, 0.6) is 11.6 Å². The van der Waals surface area contributed by atoms with Gasteiger partial charge in [-0.3, -0.25) is 9.48 Å². The molecule has 0 radical (unpaired) electrons. The second kappa shape index (κ2) is 5.38. The number of aldehydes is 1. The molecule has 0 atom stereocenters. The van der Waals surface area contributed by atoms with Gasteiger partial charge in [0.15, 0.2) is 5.65 Å². The van der Waals surface area contributed by atoms with Crippen molar-refractivity contribution in [2.75, 3.05) is 0 Å². The predicted molar refractivity (Wildman–Crippen MR) is 82.7 cm³/mol. The maximum atomic E-state index is 10.9. The van der Waals surface area contributed by atoms with Crippen molar-refractivity contribution in [2.24, 2.45) is 7.05 Å². The van der Waals surface area contributed by atoms with Crippen molar-refractivity contribution in [1.82, 2.24) is 19.7 Å². The first-order valence-electron chi connectivity index (χ1n) is 6.59. The van der Waals surface area contributed by atoms with E-state index in [4.69, 9.17) is 16.3 Å². The molecule has 6 nitrogen and oxygen atoms in total. The second-order valence-electron chi connectivity index (χ2n) is 5.04. The summed E-state index contributed by atoms with van der Waals surface area (Å²) < 4.78 is 7.56. The van der Waals surface area contributed by atoms with Crippen molar-refractivity contribution in [3.05, 3.63) is 40.3 Å². The third kappa shape index (κ3) is 2.53. The number of hydrogen-bond donors (Lipinski definition) is 0. The van der Waals surface area contributed by atoms with Crippen LogP contribution in [0.15, 0.2) is 18.3 Å². The summed E-state index contributed by atoms with van der Waals surface area (Å²) >= 11 is 5.93. The highest BCUT2D eigenvalue weighted by atomic mass is 35.5. The zero-order chi connectivity index (χ0) is 15.9. The van der Waals surface area contributed by atoms with Gasteiger partial charge >= 0.3 is 0 Å². The Labute approximate surface area is 131 Å². The molecule has 0 amide bonds. The predicted octanol–water partition coefficient (Wildman–Crippen LogP) is 3.24.